The number of allylic oxidation sites excluding steroid dienone is 2. The van der Waals surface area contributed by atoms with E-state index in [1.165, 1.54) is 17.8 Å². The number of halogens is 1. The van der Waals surface area contributed by atoms with Crippen molar-refractivity contribution in [1.29, 1.82) is 0 Å². The molecule has 1 aromatic carbocycles. The Morgan fingerprint density at radius 1 is 1.27 bits per heavy atom. The first-order chi connectivity index (χ1) is 14.4. The Morgan fingerprint density at radius 3 is 2.87 bits per heavy atom. The maximum atomic E-state index is 14.0. The Hall–Kier alpha value is -2.45. The number of hydrogen-bond acceptors (Lipinski definition) is 6. The standard InChI is InChI=1S/C22H21FN4OS2/c1-22(2)10-15-18(16(28)11-22)19(17-8-5-9-29-17)27-20(24-15)25-21(26-27)30-12-13-6-3-4-7-14(13)23/h3-9,19H,10-12H2,1-2H3,(H,24,25,26)/t19-/m0/s1. The highest BCUT2D eigenvalue weighted by molar-refractivity contribution is 7.98. The number of thioether (sulfide) groups is 1. The van der Waals surface area contributed by atoms with E-state index < -0.39 is 0 Å². The van der Waals surface area contributed by atoms with Crippen molar-refractivity contribution in [3.05, 3.63) is 69.3 Å². The van der Waals surface area contributed by atoms with Crippen LogP contribution in [0.25, 0.3) is 0 Å². The molecule has 2 aromatic heterocycles. The van der Waals surface area contributed by atoms with Crippen molar-refractivity contribution in [1.82, 2.24) is 14.8 Å². The summed E-state index contributed by atoms with van der Waals surface area (Å²) in [6.45, 7) is 4.23. The van der Waals surface area contributed by atoms with E-state index in [1.807, 2.05) is 28.3 Å². The Bertz CT molecular complexity index is 1150. The highest BCUT2D eigenvalue weighted by atomic mass is 32.2. The van der Waals surface area contributed by atoms with Gasteiger partial charge < -0.3 is 5.32 Å². The highest BCUT2D eigenvalue weighted by Crippen LogP contribution is 2.46. The first kappa shape index (κ1) is 19.5. The molecule has 3 heterocycles. The number of carbonyl (C=O) groups excluding carboxylic acids is 1. The van der Waals surface area contributed by atoms with Crippen molar-refractivity contribution in [3.8, 4) is 0 Å². The molecule has 5 nitrogen and oxygen atoms in total. The number of fused-ring (bicyclic) bond motifs is 1. The summed E-state index contributed by atoms with van der Waals surface area (Å²) in [7, 11) is 0. The van der Waals surface area contributed by atoms with Gasteiger partial charge >= 0.3 is 0 Å². The van der Waals surface area contributed by atoms with E-state index in [4.69, 9.17) is 5.10 Å². The zero-order chi connectivity index (χ0) is 20.9. The number of hydrogen-bond donors (Lipinski definition) is 1. The molecule has 0 saturated carbocycles. The van der Waals surface area contributed by atoms with E-state index in [0.717, 1.165) is 22.6 Å². The van der Waals surface area contributed by atoms with Gasteiger partial charge in [0.05, 0.1) is 0 Å². The fourth-order valence-electron chi connectivity index (χ4n) is 4.12. The molecular weight excluding hydrogens is 419 g/mol. The lowest BCUT2D eigenvalue weighted by molar-refractivity contribution is -0.118. The lowest BCUT2D eigenvalue weighted by atomic mass is 9.73. The maximum Gasteiger partial charge on any atom is 0.227 e. The van der Waals surface area contributed by atoms with E-state index in [2.05, 4.69) is 24.1 Å². The van der Waals surface area contributed by atoms with Crippen LogP contribution in [0.15, 0.2) is 58.2 Å². The molecule has 0 radical (unpaired) electrons. The number of nitrogens with zero attached hydrogens (tertiary/aromatic N) is 3. The summed E-state index contributed by atoms with van der Waals surface area (Å²) in [5.74, 6) is 1.01. The topological polar surface area (TPSA) is 59.8 Å². The van der Waals surface area contributed by atoms with E-state index in [0.29, 0.717) is 28.8 Å². The quantitative estimate of drug-likeness (QED) is 0.548. The Labute approximate surface area is 182 Å². The van der Waals surface area contributed by atoms with Crippen molar-refractivity contribution < 1.29 is 9.18 Å². The first-order valence-corrected chi connectivity index (χ1v) is 11.7. The van der Waals surface area contributed by atoms with Crippen LogP contribution in [0.5, 0.6) is 0 Å². The number of benzene rings is 1. The predicted octanol–water partition coefficient (Wildman–Crippen LogP) is 5.43. The Balaban J connectivity index is 1.51. The van der Waals surface area contributed by atoms with Gasteiger partial charge in [-0.25, -0.2) is 9.07 Å². The first-order valence-electron chi connectivity index (χ1n) is 9.81. The van der Waals surface area contributed by atoms with E-state index in [9.17, 15) is 9.18 Å². The SMILES string of the molecule is CC1(C)CC(=O)C2=C(C1)Nc1nc(SCc3ccccc3F)nn1[C@H]2c1cccs1. The Morgan fingerprint density at radius 2 is 2.10 bits per heavy atom. The second-order valence-corrected chi connectivity index (χ2v) is 10.3. The largest absolute Gasteiger partial charge is 0.328 e. The second kappa shape index (κ2) is 7.35. The van der Waals surface area contributed by atoms with E-state index in [-0.39, 0.29) is 23.1 Å². The van der Waals surface area contributed by atoms with Crippen molar-refractivity contribution in [2.24, 2.45) is 5.41 Å². The summed E-state index contributed by atoms with van der Waals surface area (Å²) in [5, 5.41) is 10.6. The molecule has 5 rings (SSSR count). The molecule has 0 amide bonds. The molecular formula is C22H21FN4OS2. The van der Waals surface area contributed by atoms with Crippen molar-refractivity contribution in [2.75, 3.05) is 5.32 Å². The molecule has 0 bridgehead atoms. The highest BCUT2D eigenvalue weighted by Gasteiger charge is 2.42. The van der Waals surface area contributed by atoms with Crippen LogP contribution in [0.2, 0.25) is 0 Å². The van der Waals surface area contributed by atoms with Gasteiger partial charge in [0.2, 0.25) is 11.1 Å². The van der Waals surface area contributed by atoms with Crippen LogP contribution in [0, 0.1) is 11.2 Å². The summed E-state index contributed by atoms with van der Waals surface area (Å²) >= 11 is 3.00. The monoisotopic (exact) mass is 440 g/mol. The van der Waals surface area contributed by atoms with Crippen LogP contribution in [0.1, 0.15) is 43.2 Å². The minimum absolute atomic E-state index is 0.0898. The molecule has 30 heavy (non-hydrogen) atoms. The van der Waals surface area contributed by atoms with Crippen molar-refractivity contribution >= 4 is 34.8 Å². The minimum Gasteiger partial charge on any atom is -0.328 e. The third-order valence-corrected chi connectivity index (χ3v) is 7.25. The normalized spacial score (nSPS) is 20.0. The average Bonchev–Trinajstić information content (AvgIpc) is 3.34. The summed E-state index contributed by atoms with van der Waals surface area (Å²) in [4.78, 5) is 18.8. The third kappa shape index (κ3) is 3.48. The fraction of sp³-hybridized carbons (Fsp3) is 0.318. The smallest absolute Gasteiger partial charge is 0.227 e. The minimum atomic E-state index is -0.268. The van der Waals surface area contributed by atoms with Gasteiger partial charge in [-0.05, 0) is 34.9 Å². The van der Waals surface area contributed by atoms with Crippen LogP contribution >= 0.6 is 23.1 Å². The van der Waals surface area contributed by atoms with Gasteiger partial charge in [-0.15, -0.1) is 16.4 Å². The maximum absolute atomic E-state index is 14.0. The average molecular weight is 441 g/mol. The lowest BCUT2D eigenvalue weighted by Gasteiger charge is -2.37. The summed E-state index contributed by atoms with van der Waals surface area (Å²) in [6.07, 6.45) is 1.31. The van der Waals surface area contributed by atoms with Gasteiger partial charge in [-0.2, -0.15) is 4.98 Å². The molecule has 2 aliphatic rings. The van der Waals surface area contributed by atoms with Gasteiger partial charge in [-0.1, -0.05) is 49.9 Å². The number of rotatable bonds is 4. The third-order valence-electron chi connectivity index (χ3n) is 5.44. The number of anilines is 1. The fourth-order valence-corrected chi connectivity index (χ4v) is 5.75. The number of carbonyl (C=O) groups is 1. The lowest BCUT2D eigenvalue weighted by Crippen LogP contribution is -2.36. The number of ketones is 1. The zero-order valence-electron chi connectivity index (χ0n) is 16.7. The Kier molecular flexibility index (Phi) is 4.78. The van der Waals surface area contributed by atoms with Gasteiger partial charge in [0.15, 0.2) is 5.78 Å². The van der Waals surface area contributed by atoms with Crippen LogP contribution in [-0.4, -0.2) is 20.5 Å². The molecule has 1 atom stereocenters. The molecule has 1 N–H and O–H groups in total. The summed E-state index contributed by atoms with van der Waals surface area (Å²) in [5.41, 5.74) is 2.26. The van der Waals surface area contributed by atoms with E-state index >= 15 is 0 Å². The van der Waals surface area contributed by atoms with Crippen LogP contribution in [-0.2, 0) is 10.5 Å². The van der Waals surface area contributed by atoms with Crippen LogP contribution in [0.3, 0.4) is 0 Å². The molecule has 1 aliphatic carbocycles. The van der Waals surface area contributed by atoms with Gasteiger partial charge in [0.1, 0.15) is 11.9 Å². The predicted molar refractivity (Wildman–Crippen MR) is 117 cm³/mol. The molecule has 0 unspecified atom stereocenters. The second-order valence-electron chi connectivity index (χ2n) is 8.42. The van der Waals surface area contributed by atoms with E-state index in [1.54, 1.807) is 23.5 Å². The molecule has 0 fully saturated rings. The van der Waals surface area contributed by atoms with Gasteiger partial charge in [-0.3, -0.25) is 4.79 Å². The van der Waals surface area contributed by atoms with Crippen LogP contribution < -0.4 is 5.32 Å². The zero-order valence-corrected chi connectivity index (χ0v) is 18.3. The molecule has 0 saturated heterocycles. The van der Waals surface area contributed by atoms with Gasteiger partial charge in [0.25, 0.3) is 0 Å². The molecule has 0 spiro atoms. The van der Waals surface area contributed by atoms with Crippen LogP contribution in [0.4, 0.5) is 10.3 Å². The molecule has 1 aliphatic heterocycles. The van der Waals surface area contributed by atoms with Crippen molar-refractivity contribution in [2.45, 2.75) is 43.6 Å². The number of aromatic nitrogens is 3. The number of nitrogens with one attached hydrogen (secondary N) is 1. The molecule has 154 valence electrons. The summed E-state index contributed by atoms with van der Waals surface area (Å²) in [6, 6.07) is 10.5. The van der Waals surface area contributed by atoms with Crippen molar-refractivity contribution in [3.63, 3.8) is 0 Å². The molecule has 8 heteroatoms. The molecule has 3 aromatic rings. The van der Waals surface area contributed by atoms with Gasteiger partial charge in [0, 0.05) is 28.3 Å². The number of thiophene rings is 1. The summed E-state index contributed by atoms with van der Waals surface area (Å²) < 4.78 is 15.8. The number of Topliss-reactive ketones (excluding diaryl/α,β-unsaturated/α-hetero) is 1.